The highest BCUT2D eigenvalue weighted by molar-refractivity contribution is 7.14. The van der Waals surface area contributed by atoms with Gasteiger partial charge in [-0.25, -0.2) is 9.78 Å². The van der Waals surface area contributed by atoms with Crippen molar-refractivity contribution >= 4 is 34.3 Å². The summed E-state index contributed by atoms with van der Waals surface area (Å²) in [6, 6.07) is 16.2. The Balaban J connectivity index is 1.57. The number of nitrogens with one attached hydrogen (secondary N) is 1. The topological polar surface area (TPSA) is 88.6 Å². The minimum absolute atomic E-state index is 0.145. The average molecular weight is 436 g/mol. The molecular weight excluding hydrogens is 414 g/mol. The van der Waals surface area contributed by atoms with E-state index < -0.39 is 12.0 Å². The van der Waals surface area contributed by atoms with Gasteiger partial charge in [0.25, 0.3) is 5.91 Å². The van der Waals surface area contributed by atoms with Gasteiger partial charge in [-0.05, 0) is 24.1 Å². The number of benzene rings is 2. The van der Waals surface area contributed by atoms with Crippen LogP contribution in [-0.4, -0.2) is 40.3 Å². The van der Waals surface area contributed by atoms with E-state index in [2.05, 4.69) is 10.3 Å². The molecule has 0 spiro atoms. The molecule has 1 unspecified atom stereocenters. The van der Waals surface area contributed by atoms with Crippen LogP contribution in [0.2, 0.25) is 0 Å². The summed E-state index contributed by atoms with van der Waals surface area (Å²) in [7, 11) is 0. The molecule has 7 nitrogen and oxygen atoms in total. The molecule has 1 aliphatic rings. The van der Waals surface area contributed by atoms with Gasteiger partial charge in [0.2, 0.25) is 5.91 Å². The highest BCUT2D eigenvalue weighted by atomic mass is 32.1. The lowest BCUT2D eigenvalue weighted by Gasteiger charge is -2.26. The molecular formula is C23H21N3O4S. The third-order valence-electron chi connectivity index (χ3n) is 5.02. The normalized spacial score (nSPS) is 13.6. The molecule has 1 aliphatic heterocycles. The van der Waals surface area contributed by atoms with Crippen molar-refractivity contribution in [3.05, 3.63) is 82.4 Å². The fourth-order valence-electron chi connectivity index (χ4n) is 3.53. The van der Waals surface area contributed by atoms with Crippen LogP contribution in [0.4, 0.5) is 5.13 Å². The Kier molecular flexibility index (Phi) is 6.08. The Labute approximate surface area is 183 Å². The van der Waals surface area contributed by atoms with Crippen LogP contribution in [0.3, 0.4) is 0 Å². The molecule has 4 rings (SSSR count). The van der Waals surface area contributed by atoms with E-state index in [4.69, 9.17) is 4.74 Å². The maximum Gasteiger partial charge on any atom is 0.357 e. The third-order valence-corrected chi connectivity index (χ3v) is 5.78. The van der Waals surface area contributed by atoms with Crippen LogP contribution in [0, 0.1) is 0 Å². The molecule has 2 aromatic carbocycles. The van der Waals surface area contributed by atoms with E-state index in [0.717, 1.165) is 22.5 Å². The number of hydrogen-bond donors (Lipinski definition) is 1. The molecule has 0 saturated carbocycles. The number of aromatic nitrogens is 1. The second-order valence-electron chi connectivity index (χ2n) is 7.04. The molecule has 1 atom stereocenters. The van der Waals surface area contributed by atoms with E-state index in [1.807, 2.05) is 48.5 Å². The number of rotatable bonds is 7. The Bertz CT molecular complexity index is 1110. The number of hydrogen-bond acceptors (Lipinski definition) is 6. The second kappa shape index (κ2) is 9.09. The van der Waals surface area contributed by atoms with E-state index in [1.165, 1.54) is 5.38 Å². The van der Waals surface area contributed by atoms with Crippen LogP contribution in [0.25, 0.3) is 0 Å². The van der Waals surface area contributed by atoms with Crippen molar-refractivity contribution in [1.82, 2.24) is 9.88 Å². The van der Waals surface area contributed by atoms with Gasteiger partial charge in [-0.3, -0.25) is 9.59 Å². The average Bonchev–Trinajstić information content (AvgIpc) is 3.38. The zero-order valence-electron chi connectivity index (χ0n) is 16.9. The number of ether oxygens (including phenoxy) is 1. The number of carbonyl (C=O) groups excluding carboxylic acids is 3. The summed E-state index contributed by atoms with van der Waals surface area (Å²) in [4.78, 5) is 43.9. The van der Waals surface area contributed by atoms with Crippen LogP contribution in [-0.2, 0) is 22.5 Å². The number of thiazole rings is 1. The van der Waals surface area contributed by atoms with Crippen molar-refractivity contribution in [3.63, 3.8) is 0 Å². The third kappa shape index (κ3) is 4.49. The van der Waals surface area contributed by atoms with Crippen LogP contribution in [0.15, 0.2) is 60.0 Å². The van der Waals surface area contributed by atoms with Gasteiger partial charge in [-0.2, -0.15) is 0 Å². The first-order valence-electron chi connectivity index (χ1n) is 9.93. The van der Waals surface area contributed by atoms with Crippen LogP contribution < -0.4 is 5.32 Å². The Morgan fingerprint density at radius 1 is 1.16 bits per heavy atom. The molecule has 0 fully saturated rings. The SMILES string of the molecule is CCOC(=O)c1csc(NC(=O)C(Cc2ccccc2)N2Cc3ccccc3C2=O)n1. The van der Waals surface area contributed by atoms with Crippen molar-refractivity contribution < 1.29 is 19.1 Å². The lowest BCUT2D eigenvalue weighted by atomic mass is 10.0. The molecule has 1 aromatic heterocycles. The molecule has 3 aromatic rings. The van der Waals surface area contributed by atoms with Crippen molar-refractivity contribution in [2.24, 2.45) is 0 Å². The summed E-state index contributed by atoms with van der Waals surface area (Å²) in [5.74, 6) is -1.06. The van der Waals surface area contributed by atoms with Crippen LogP contribution >= 0.6 is 11.3 Å². The summed E-state index contributed by atoms with van der Waals surface area (Å²) in [5, 5.41) is 4.60. The van der Waals surface area contributed by atoms with Crippen LogP contribution in [0.1, 0.15) is 38.9 Å². The monoisotopic (exact) mass is 435 g/mol. The van der Waals surface area contributed by atoms with Crippen molar-refractivity contribution in [2.75, 3.05) is 11.9 Å². The maximum absolute atomic E-state index is 13.3. The summed E-state index contributed by atoms with van der Waals surface area (Å²) < 4.78 is 4.94. The maximum atomic E-state index is 13.3. The Morgan fingerprint density at radius 3 is 2.65 bits per heavy atom. The summed E-state index contributed by atoms with van der Waals surface area (Å²) in [6.07, 6.45) is 0.364. The van der Waals surface area contributed by atoms with Gasteiger partial charge >= 0.3 is 5.97 Å². The predicted octanol–water partition coefficient (Wildman–Crippen LogP) is 3.53. The molecule has 0 radical (unpaired) electrons. The molecule has 0 bridgehead atoms. The molecule has 8 heteroatoms. The molecule has 2 amide bonds. The highest BCUT2D eigenvalue weighted by Crippen LogP contribution is 2.27. The molecule has 0 aliphatic carbocycles. The Hall–Kier alpha value is -3.52. The number of amides is 2. The second-order valence-corrected chi connectivity index (χ2v) is 7.90. The van der Waals surface area contributed by atoms with Gasteiger partial charge in [0.15, 0.2) is 10.8 Å². The fourth-order valence-corrected chi connectivity index (χ4v) is 4.21. The number of carbonyl (C=O) groups is 3. The molecule has 0 saturated heterocycles. The van der Waals surface area contributed by atoms with Gasteiger partial charge in [0, 0.05) is 23.9 Å². The van der Waals surface area contributed by atoms with E-state index >= 15 is 0 Å². The summed E-state index contributed by atoms with van der Waals surface area (Å²) >= 11 is 1.14. The van der Waals surface area contributed by atoms with Gasteiger partial charge in [-0.15, -0.1) is 11.3 Å². The van der Waals surface area contributed by atoms with Crippen molar-refractivity contribution in [1.29, 1.82) is 0 Å². The van der Waals surface area contributed by atoms with Gasteiger partial charge in [-0.1, -0.05) is 48.5 Å². The lowest BCUT2D eigenvalue weighted by Crippen LogP contribution is -2.45. The smallest absolute Gasteiger partial charge is 0.357 e. The zero-order valence-corrected chi connectivity index (χ0v) is 17.7. The van der Waals surface area contributed by atoms with Crippen LogP contribution in [0.5, 0.6) is 0 Å². The largest absolute Gasteiger partial charge is 0.461 e. The number of fused-ring (bicyclic) bond motifs is 1. The fraction of sp³-hybridized carbons (Fsp3) is 0.217. The minimum Gasteiger partial charge on any atom is -0.461 e. The minimum atomic E-state index is -0.725. The molecule has 2 heterocycles. The number of nitrogens with zero attached hydrogens (tertiary/aromatic N) is 2. The first-order chi connectivity index (χ1) is 15.1. The molecule has 158 valence electrons. The zero-order chi connectivity index (χ0) is 21.8. The molecule has 1 N–H and O–H groups in total. The number of esters is 1. The lowest BCUT2D eigenvalue weighted by molar-refractivity contribution is -0.120. The van der Waals surface area contributed by atoms with Gasteiger partial charge in [0.05, 0.1) is 6.61 Å². The van der Waals surface area contributed by atoms with E-state index in [9.17, 15) is 14.4 Å². The standard InChI is InChI=1S/C23H21N3O4S/c1-2-30-22(29)18-14-31-23(24-18)25-20(27)19(12-15-8-4-3-5-9-15)26-13-16-10-6-7-11-17(16)21(26)28/h3-11,14,19H,2,12-13H2,1H3,(H,24,25,27). The number of anilines is 1. The first-order valence-corrected chi connectivity index (χ1v) is 10.8. The van der Waals surface area contributed by atoms with Crippen molar-refractivity contribution in [2.45, 2.75) is 25.9 Å². The molecule has 31 heavy (non-hydrogen) atoms. The summed E-state index contributed by atoms with van der Waals surface area (Å²) in [5.41, 5.74) is 2.61. The van der Waals surface area contributed by atoms with Gasteiger partial charge < -0.3 is 15.0 Å². The highest BCUT2D eigenvalue weighted by Gasteiger charge is 2.36. The first kappa shape index (κ1) is 20.7. The Morgan fingerprint density at radius 2 is 1.90 bits per heavy atom. The van der Waals surface area contributed by atoms with E-state index in [0.29, 0.717) is 18.5 Å². The van der Waals surface area contributed by atoms with Gasteiger partial charge in [0.1, 0.15) is 6.04 Å². The predicted molar refractivity (Wildman–Crippen MR) is 117 cm³/mol. The quantitative estimate of drug-likeness (QED) is 0.574. The summed E-state index contributed by atoms with van der Waals surface area (Å²) in [6.45, 7) is 2.33. The van der Waals surface area contributed by atoms with E-state index in [-0.39, 0.29) is 29.2 Å². The van der Waals surface area contributed by atoms with Crippen molar-refractivity contribution in [3.8, 4) is 0 Å². The van der Waals surface area contributed by atoms with E-state index in [1.54, 1.807) is 17.9 Å².